The van der Waals surface area contributed by atoms with Crippen LogP contribution < -0.4 is 5.32 Å². The molecule has 4 nitrogen and oxygen atoms in total. The summed E-state index contributed by atoms with van der Waals surface area (Å²) in [5, 5.41) is 2.93. The van der Waals surface area contributed by atoms with Crippen molar-refractivity contribution < 1.29 is 14.3 Å². The van der Waals surface area contributed by atoms with Gasteiger partial charge in [0.2, 0.25) is 0 Å². The van der Waals surface area contributed by atoms with E-state index >= 15 is 0 Å². The number of benzene rings is 1. The Labute approximate surface area is 119 Å². The highest BCUT2D eigenvalue weighted by atomic mass is 16.5. The van der Waals surface area contributed by atoms with Crippen molar-refractivity contribution in [2.24, 2.45) is 0 Å². The number of hydrogen-bond acceptors (Lipinski definition) is 3. The second-order valence-corrected chi connectivity index (χ2v) is 5.35. The lowest BCUT2D eigenvalue weighted by atomic mass is 10.1. The van der Waals surface area contributed by atoms with E-state index in [1.807, 2.05) is 19.1 Å². The monoisotopic (exact) mass is 275 g/mol. The molecule has 1 saturated carbocycles. The Bertz CT molecular complexity index is 492. The summed E-state index contributed by atoms with van der Waals surface area (Å²) in [5.74, 6) is -0.656. The first-order valence-electron chi connectivity index (χ1n) is 7.15. The summed E-state index contributed by atoms with van der Waals surface area (Å²) in [6.45, 7) is 3.46. The van der Waals surface area contributed by atoms with Crippen LogP contribution in [-0.4, -0.2) is 24.0 Å². The van der Waals surface area contributed by atoms with E-state index in [-0.39, 0.29) is 11.9 Å². The van der Waals surface area contributed by atoms with Crippen LogP contribution >= 0.6 is 0 Å². The van der Waals surface area contributed by atoms with Gasteiger partial charge in [0.25, 0.3) is 5.91 Å². The summed E-state index contributed by atoms with van der Waals surface area (Å²) in [6, 6.07) is 7.44. The Morgan fingerprint density at radius 2 is 1.90 bits per heavy atom. The summed E-state index contributed by atoms with van der Waals surface area (Å²) in [6.07, 6.45) is 3.58. The number of rotatable bonds is 4. The molecule has 1 atom stereocenters. The predicted octanol–water partition coefficient (Wildman–Crippen LogP) is 2.60. The van der Waals surface area contributed by atoms with Gasteiger partial charge < -0.3 is 10.1 Å². The van der Waals surface area contributed by atoms with Gasteiger partial charge in [-0.2, -0.15) is 0 Å². The van der Waals surface area contributed by atoms with Crippen molar-refractivity contribution in [3.05, 3.63) is 35.4 Å². The standard InChI is InChI=1S/C16H21NO3/c1-11-7-3-6-10-14(11)16(19)20-12(2)15(18)17-13-8-4-5-9-13/h3,6-7,10,12-13H,4-5,8-9H2,1-2H3,(H,17,18)/t12-/m1/s1. The third-order valence-electron chi connectivity index (χ3n) is 3.72. The van der Waals surface area contributed by atoms with E-state index in [1.165, 1.54) is 0 Å². The minimum atomic E-state index is -0.761. The molecular weight excluding hydrogens is 254 g/mol. The molecule has 0 bridgehead atoms. The molecule has 0 saturated heterocycles. The fraction of sp³-hybridized carbons (Fsp3) is 0.500. The summed E-state index contributed by atoms with van der Waals surface area (Å²) in [5.41, 5.74) is 1.36. The Balaban J connectivity index is 1.90. The number of carbonyl (C=O) groups excluding carboxylic acids is 2. The average molecular weight is 275 g/mol. The smallest absolute Gasteiger partial charge is 0.339 e. The van der Waals surface area contributed by atoms with Gasteiger partial charge in [0.15, 0.2) is 6.10 Å². The second-order valence-electron chi connectivity index (χ2n) is 5.35. The molecule has 20 heavy (non-hydrogen) atoms. The lowest BCUT2D eigenvalue weighted by Crippen LogP contribution is -2.40. The zero-order valence-corrected chi connectivity index (χ0v) is 12.0. The molecule has 1 aromatic rings. The molecule has 0 heterocycles. The molecule has 2 rings (SSSR count). The molecule has 0 radical (unpaired) electrons. The molecule has 1 N–H and O–H groups in total. The van der Waals surface area contributed by atoms with Crippen LogP contribution in [0.1, 0.15) is 48.5 Å². The highest BCUT2D eigenvalue weighted by Crippen LogP contribution is 2.18. The lowest BCUT2D eigenvalue weighted by molar-refractivity contribution is -0.129. The van der Waals surface area contributed by atoms with E-state index in [0.717, 1.165) is 31.2 Å². The summed E-state index contributed by atoms with van der Waals surface area (Å²) in [7, 11) is 0. The summed E-state index contributed by atoms with van der Waals surface area (Å²) in [4.78, 5) is 24.0. The van der Waals surface area contributed by atoms with Crippen LogP contribution in [0.2, 0.25) is 0 Å². The van der Waals surface area contributed by atoms with Crippen LogP contribution in [0.3, 0.4) is 0 Å². The second kappa shape index (κ2) is 6.55. The number of esters is 1. The Kier molecular flexibility index (Phi) is 4.77. The van der Waals surface area contributed by atoms with Crippen molar-refractivity contribution in [3.8, 4) is 0 Å². The first-order valence-corrected chi connectivity index (χ1v) is 7.15. The minimum absolute atomic E-state index is 0.209. The molecule has 1 aromatic carbocycles. The minimum Gasteiger partial charge on any atom is -0.449 e. The molecule has 1 aliphatic rings. The van der Waals surface area contributed by atoms with Gasteiger partial charge in [0, 0.05) is 6.04 Å². The van der Waals surface area contributed by atoms with Crippen molar-refractivity contribution in [1.29, 1.82) is 0 Å². The Morgan fingerprint density at radius 3 is 2.55 bits per heavy atom. The van der Waals surface area contributed by atoms with Crippen LogP contribution in [0.15, 0.2) is 24.3 Å². The SMILES string of the molecule is Cc1ccccc1C(=O)O[C@H](C)C(=O)NC1CCCC1. The third-order valence-corrected chi connectivity index (χ3v) is 3.72. The van der Waals surface area contributed by atoms with E-state index in [1.54, 1.807) is 19.1 Å². The Morgan fingerprint density at radius 1 is 1.25 bits per heavy atom. The van der Waals surface area contributed by atoms with Crippen molar-refractivity contribution >= 4 is 11.9 Å². The summed E-state index contributed by atoms with van der Waals surface area (Å²) >= 11 is 0. The molecular formula is C16H21NO3. The normalized spacial score (nSPS) is 16.7. The van der Waals surface area contributed by atoms with Crippen molar-refractivity contribution in [2.45, 2.75) is 51.7 Å². The first-order chi connectivity index (χ1) is 9.58. The van der Waals surface area contributed by atoms with Gasteiger partial charge in [-0.05, 0) is 38.3 Å². The number of hydrogen-bond donors (Lipinski definition) is 1. The number of nitrogens with one attached hydrogen (secondary N) is 1. The molecule has 0 unspecified atom stereocenters. The zero-order valence-electron chi connectivity index (χ0n) is 12.0. The number of carbonyl (C=O) groups is 2. The van der Waals surface area contributed by atoms with Gasteiger partial charge in [-0.1, -0.05) is 31.0 Å². The number of amides is 1. The molecule has 108 valence electrons. The third kappa shape index (κ3) is 3.59. The summed E-state index contributed by atoms with van der Waals surface area (Å²) < 4.78 is 5.24. The topological polar surface area (TPSA) is 55.4 Å². The van der Waals surface area contributed by atoms with Gasteiger partial charge in [-0.25, -0.2) is 4.79 Å². The van der Waals surface area contributed by atoms with Crippen molar-refractivity contribution in [3.63, 3.8) is 0 Å². The van der Waals surface area contributed by atoms with E-state index in [9.17, 15) is 9.59 Å². The fourth-order valence-electron chi connectivity index (χ4n) is 2.47. The molecule has 4 heteroatoms. The highest BCUT2D eigenvalue weighted by molar-refractivity contribution is 5.93. The van der Waals surface area contributed by atoms with Gasteiger partial charge in [-0.15, -0.1) is 0 Å². The molecule has 0 spiro atoms. The van der Waals surface area contributed by atoms with Crippen molar-refractivity contribution in [1.82, 2.24) is 5.32 Å². The van der Waals surface area contributed by atoms with Gasteiger partial charge in [0.05, 0.1) is 5.56 Å². The van der Waals surface area contributed by atoms with E-state index in [0.29, 0.717) is 5.56 Å². The number of ether oxygens (including phenoxy) is 1. The molecule has 1 aliphatic carbocycles. The van der Waals surface area contributed by atoms with E-state index in [4.69, 9.17) is 4.74 Å². The van der Waals surface area contributed by atoms with Crippen LogP contribution in [0, 0.1) is 6.92 Å². The molecule has 0 aromatic heterocycles. The maximum atomic E-state index is 12.0. The largest absolute Gasteiger partial charge is 0.449 e. The van der Waals surface area contributed by atoms with Crippen molar-refractivity contribution in [2.75, 3.05) is 0 Å². The number of aryl methyl sites for hydroxylation is 1. The molecule has 1 fully saturated rings. The van der Waals surface area contributed by atoms with Gasteiger partial charge in [0.1, 0.15) is 0 Å². The Hall–Kier alpha value is -1.84. The van der Waals surface area contributed by atoms with E-state index in [2.05, 4.69) is 5.32 Å². The highest BCUT2D eigenvalue weighted by Gasteiger charge is 2.23. The van der Waals surface area contributed by atoms with Crippen LogP contribution in [-0.2, 0) is 9.53 Å². The first kappa shape index (κ1) is 14.6. The maximum Gasteiger partial charge on any atom is 0.339 e. The van der Waals surface area contributed by atoms with Gasteiger partial charge in [-0.3, -0.25) is 4.79 Å². The van der Waals surface area contributed by atoms with Crippen LogP contribution in [0.5, 0.6) is 0 Å². The lowest BCUT2D eigenvalue weighted by Gasteiger charge is -2.17. The average Bonchev–Trinajstić information content (AvgIpc) is 2.91. The van der Waals surface area contributed by atoms with Crippen LogP contribution in [0.25, 0.3) is 0 Å². The predicted molar refractivity (Wildman–Crippen MR) is 76.5 cm³/mol. The zero-order chi connectivity index (χ0) is 14.5. The molecule has 1 amide bonds. The quantitative estimate of drug-likeness (QED) is 0.859. The van der Waals surface area contributed by atoms with Gasteiger partial charge >= 0.3 is 5.97 Å². The van der Waals surface area contributed by atoms with Crippen LogP contribution in [0.4, 0.5) is 0 Å². The fourth-order valence-corrected chi connectivity index (χ4v) is 2.47. The van der Waals surface area contributed by atoms with E-state index < -0.39 is 12.1 Å². The molecule has 0 aliphatic heterocycles. The maximum absolute atomic E-state index is 12.0.